The highest BCUT2D eigenvalue weighted by Gasteiger charge is 2.08. The van der Waals surface area contributed by atoms with Gasteiger partial charge in [-0.3, -0.25) is 4.79 Å². The van der Waals surface area contributed by atoms with Gasteiger partial charge in [0.1, 0.15) is 6.29 Å². The van der Waals surface area contributed by atoms with E-state index < -0.39 is 0 Å². The zero-order valence-electron chi connectivity index (χ0n) is 11.3. The SMILES string of the molecule is CCCOc1ccc(/C(Cl)=C/C=O)cc1OCCC. The van der Waals surface area contributed by atoms with Crippen LogP contribution in [0.3, 0.4) is 0 Å². The molecule has 0 spiro atoms. The van der Waals surface area contributed by atoms with E-state index in [1.807, 2.05) is 26.0 Å². The lowest BCUT2D eigenvalue weighted by atomic mass is 10.2. The smallest absolute Gasteiger partial charge is 0.161 e. The third-order valence-electron chi connectivity index (χ3n) is 2.36. The Hall–Kier alpha value is -1.48. The summed E-state index contributed by atoms with van der Waals surface area (Å²) >= 11 is 6.00. The molecule has 3 nitrogen and oxygen atoms in total. The van der Waals surface area contributed by atoms with Gasteiger partial charge >= 0.3 is 0 Å². The monoisotopic (exact) mass is 282 g/mol. The summed E-state index contributed by atoms with van der Waals surface area (Å²) in [4.78, 5) is 10.4. The highest BCUT2D eigenvalue weighted by Crippen LogP contribution is 2.32. The van der Waals surface area contributed by atoms with Gasteiger partial charge in [0.05, 0.1) is 18.2 Å². The number of hydrogen-bond donors (Lipinski definition) is 0. The number of hydrogen-bond acceptors (Lipinski definition) is 3. The number of allylic oxidation sites excluding steroid dienone is 1. The maximum absolute atomic E-state index is 10.4. The molecular formula is C15H19ClO3. The van der Waals surface area contributed by atoms with E-state index in [2.05, 4.69) is 0 Å². The Morgan fingerprint density at radius 3 is 2.37 bits per heavy atom. The molecule has 0 N–H and O–H groups in total. The summed E-state index contributed by atoms with van der Waals surface area (Å²) in [6.45, 7) is 5.33. The van der Waals surface area contributed by atoms with Crippen LogP contribution in [0.4, 0.5) is 0 Å². The number of benzene rings is 1. The summed E-state index contributed by atoms with van der Waals surface area (Å²) in [5.41, 5.74) is 0.740. The second-order valence-corrected chi connectivity index (χ2v) is 4.42. The van der Waals surface area contributed by atoms with Crippen LogP contribution in [0.2, 0.25) is 0 Å². The van der Waals surface area contributed by atoms with Crippen molar-refractivity contribution in [2.45, 2.75) is 26.7 Å². The van der Waals surface area contributed by atoms with E-state index in [0.29, 0.717) is 36.0 Å². The number of halogens is 1. The minimum Gasteiger partial charge on any atom is -0.490 e. The molecule has 0 heterocycles. The largest absolute Gasteiger partial charge is 0.490 e. The van der Waals surface area contributed by atoms with Crippen LogP contribution in [0, 0.1) is 0 Å². The first-order chi connectivity index (χ1) is 9.22. The fraction of sp³-hybridized carbons (Fsp3) is 0.400. The summed E-state index contributed by atoms with van der Waals surface area (Å²) in [5, 5.41) is 0.387. The molecule has 0 aromatic heterocycles. The molecule has 1 aromatic carbocycles. The van der Waals surface area contributed by atoms with Gasteiger partial charge in [-0.2, -0.15) is 0 Å². The highest BCUT2D eigenvalue weighted by atomic mass is 35.5. The van der Waals surface area contributed by atoms with Crippen molar-refractivity contribution in [3.63, 3.8) is 0 Å². The van der Waals surface area contributed by atoms with Gasteiger partial charge in [-0.1, -0.05) is 25.4 Å². The van der Waals surface area contributed by atoms with E-state index in [9.17, 15) is 4.79 Å². The molecule has 0 aliphatic heterocycles. The summed E-state index contributed by atoms with van der Waals surface area (Å²) < 4.78 is 11.3. The van der Waals surface area contributed by atoms with E-state index in [0.717, 1.165) is 18.4 Å². The fourth-order valence-electron chi connectivity index (χ4n) is 1.47. The number of carbonyl (C=O) groups is 1. The molecule has 0 atom stereocenters. The molecule has 0 radical (unpaired) electrons. The van der Waals surface area contributed by atoms with Crippen LogP contribution in [0.1, 0.15) is 32.3 Å². The highest BCUT2D eigenvalue weighted by molar-refractivity contribution is 6.49. The Morgan fingerprint density at radius 2 is 1.79 bits per heavy atom. The van der Waals surface area contributed by atoms with Crippen LogP contribution >= 0.6 is 11.6 Å². The summed E-state index contributed by atoms with van der Waals surface area (Å²) in [7, 11) is 0. The minimum atomic E-state index is 0.387. The van der Waals surface area contributed by atoms with E-state index in [1.165, 1.54) is 6.08 Å². The van der Waals surface area contributed by atoms with Crippen molar-refractivity contribution < 1.29 is 14.3 Å². The van der Waals surface area contributed by atoms with Crippen molar-refractivity contribution in [2.24, 2.45) is 0 Å². The lowest BCUT2D eigenvalue weighted by Crippen LogP contribution is -2.01. The Kier molecular flexibility index (Phi) is 7.04. The van der Waals surface area contributed by atoms with Crippen LogP contribution in [-0.2, 0) is 4.79 Å². The van der Waals surface area contributed by atoms with Crippen LogP contribution in [0.25, 0.3) is 5.03 Å². The molecule has 0 unspecified atom stereocenters. The third kappa shape index (κ3) is 4.95. The number of rotatable bonds is 8. The van der Waals surface area contributed by atoms with Gasteiger partial charge in [0.15, 0.2) is 11.5 Å². The van der Waals surface area contributed by atoms with E-state index in [1.54, 1.807) is 6.07 Å². The predicted octanol–water partition coefficient (Wildman–Crippen LogP) is 4.04. The van der Waals surface area contributed by atoms with Gasteiger partial charge in [-0.25, -0.2) is 0 Å². The molecule has 0 bridgehead atoms. The summed E-state index contributed by atoms with van der Waals surface area (Å²) in [6, 6.07) is 5.42. The predicted molar refractivity (Wildman–Crippen MR) is 77.9 cm³/mol. The number of ether oxygens (including phenoxy) is 2. The molecule has 0 amide bonds. The zero-order chi connectivity index (χ0) is 14.1. The number of carbonyl (C=O) groups excluding carboxylic acids is 1. The van der Waals surface area contributed by atoms with Crippen LogP contribution < -0.4 is 9.47 Å². The first-order valence-electron chi connectivity index (χ1n) is 6.43. The third-order valence-corrected chi connectivity index (χ3v) is 2.70. The van der Waals surface area contributed by atoms with E-state index in [-0.39, 0.29) is 0 Å². The topological polar surface area (TPSA) is 35.5 Å². The maximum atomic E-state index is 10.4. The molecule has 1 rings (SSSR count). The van der Waals surface area contributed by atoms with E-state index in [4.69, 9.17) is 21.1 Å². The summed E-state index contributed by atoms with van der Waals surface area (Å²) in [6.07, 6.45) is 3.82. The lowest BCUT2D eigenvalue weighted by Gasteiger charge is -2.13. The normalized spacial score (nSPS) is 11.2. The molecule has 1 aromatic rings. The quantitative estimate of drug-likeness (QED) is 0.533. The fourth-order valence-corrected chi connectivity index (χ4v) is 1.64. The Balaban J connectivity index is 2.99. The van der Waals surface area contributed by atoms with Gasteiger partial charge in [0.25, 0.3) is 0 Å². The van der Waals surface area contributed by atoms with E-state index >= 15 is 0 Å². The Bertz CT molecular complexity index is 441. The average molecular weight is 283 g/mol. The lowest BCUT2D eigenvalue weighted by molar-refractivity contribution is -0.104. The van der Waals surface area contributed by atoms with Crippen molar-refractivity contribution in [2.75, 3.05) is 13.2 Å². The van der Waals surface area contributed by atoms with Gasteiger partial charge in [0, 0.05) is 0 Å². The van der Waals surface area contributed by atoms with Crippen molar-refractivity contribution in [3.8, 4) is 11.5 Å². The molecule has 0 saturated heterocycles. The molecular weight excluding hydrogens is 264 g/mol. The van der Waals surface area contributed by atoms with Crippen molar-refractivity contribution in [1.82, 2.24) is 0 Å². The van der Waals surface area contributed by atoms with Crippen molar-refractivity contribution in [3.05, 3.63) is 29.8 Å². The maximum Gasteiger partial charge on any atom is 0.161 e. The van der Waals surface area contributed by atoms with Gasteiger partial charge in [-0.15, -0.1) is 0 Å². The van der Waals surface area contributed by atoms with Crippen LogP contribution in [-0.4, -0.2) is 19.5 Å². The molecule has 104 valence electrons. The standard InChI is InChI=1S/C15H19ClO3/c1-3-9-18-14-6-5-12(13(16)7-8-17)11-15(14)19-10-4-2/h5-8,11H,3-4,9-10H2,1-2H3/b13-7-. The number of aldehydes is 1. The molecule has 19 heavy (non-hydrogen) atoms. The Morgan fingerprint density at radius 1 is 1.16 bits per heavy atom. The second kappa shape index (κ2) is 8.59. The van der Waals surface area contributed by atoms with Gasteiger partial charge in [0.2, 0.25) is 0 Å². The van der Waals surface area contributed by atoms with Gasteiger partial charge in [-0.05, 0) is 42.7 Å². The first kappa shape index (κ1) is 15.6. The van der Waals surface area contributed by atoms with Gasteiger partial charge < -0.3 is 9.47 Å². The molecule has 0 fully saturated rings. The van der Waals surface area contributed by atoms with Crippen molar-refractivity contribution >= 4 is 22.9 Å². The van der Waals surface area contributed by atoms with Crippen LogP contribution in [0.15, 0.2) is 24.3 Å². The van der Waals surface area contributed by atoms with Crippen LogP contribution in [0.5, 0.6) is 11.5 Å². The summed E-state index contributed by atoms with van der Waals surface area (Å²) in [5.74, 6) is 1.36. The first-order valence-corrected chi connectivity index (χ1v) is 6.81. The van der Waals surface area contributed by atoms with Crippen molar-refractivity contribution in [1.29, 1.82) is 0 Å². The molecule has 4 heteroatoms. The zero-order valence-corrected chi connectivity index (χ0v) is 12.1. The minimum absolute atomic E-state index is 0.387. The average Bonchev–Trinajstić information content (AvgIpc) is 2.43. The second-order valence-electron chi connectivity index (χ2n) is 4.01. The Labute approximate surface area is 119 Å². The molecule has 0 aliphatic carbocycles. The molecule has 0 aliphatic rings. The molecule has 0 saturated carbocycles.